The Bertz CT molecular complexity index is 922. The Morgan fingerprint density at radius 1 is 1.23 bits per heavy atom. The normalized spacial score (nSPS) is 19.2. The van der Waals surface area contributed by atoms with Gasteiger partial charge in [0.1, 0.15) is 12.4 Å². The number of β-amino-alcohol motifs (C(OH)–C–C–N with tert-alkyl or cyclic N) is 1. The molecule has 3 heterocycles. The summed E-state index contributed by atoms with van der Waals surface area (Å²) in [5, 5.41) is 14.1. The number of imidazole rings is 1. The molecule has 4 rings (SSSR count). The number of nitrogens with one attached hydrogen (secondary N) is 1. The number of hydrogen-bond donors (Lipinski definition) is 2. The summed E-state index contributed by atoms with van der Waals surface area (Å²) in [5.41, 5.74) is 4.83. The molecule has 2 atom stereocenters. The van der Waals surface area contributed by atoms with Gasteiger partial charge in [0.15, 0.2) is 5.65 Å². The molecule has 0 aliphatic carbocycles. The number of fused-ring (bicyclic) bond motifs is 3. The van der Waals surface area contributed by atoms with Crippen molar-refractivity contribution >= 4 is 11.3 Å². The van der Waals surface area contributed by atoms with Gasteiger partial charge in [0, 0.05) is 37.5 Å². The predicted octanol–water partition coefficient (Wildman–Crippen LogP) is 2.59. The minimum Gasteiger partial charge on any atom is -0.491 e. The number of benzene rings is 1. The smallest absolute Gasteiger partial charge is 0.160 e. The summed E-state index contributed by atoms with van der Waals surface area (Å²) < 4.78 is 13.0. The van der Waals surface area contributed by atoms with Crippen molar-refractivity contribution in [2.75, 3.05) is 32.2 Å². The topological polar surface area (TPSA) is 68.0 Å². The van der Waals surface area contributed by atoms with Crippen LogP contribution in [-0.2, 0) is 4.74 Å². The summed E-state index contributed by atoms with van der Waals surface area (Å²) in [6.07, 6.45) is 3.45. The molecule has 1 aliphatic rings. The molecule has 0 unspecified atom stereocenters. The van der Waals surface area contributed by atoms with Crippen molar-refractivity contribution in [2.45, 2.75) is 18.9 Å². The molecule has 6 nitrogen and oxygen atoms in total. The third-order valence-electron chi connectivity index (χ3n) is 4.79. The van der Waals surface area contributed by atoms with Gasteiger partial charge in [-0.05, 0) is 24.6 Å². The standard InChI is InChI=1S/C20H23N3O3/c1-13-12-23-8-7-15-18(16(24)11-21-19(15)20(23)22-13)14-5-3-4-6-17(14)26-10-9-25-2/h3-8,12,16,18,21,24H,9-11H2,1-2H3/t16-,18-/m0/s1. The van der Waals surface area contributed by atoms with E-state index in [0.29, 0.717) is 19.8 Å². The first-order valence-corrected chi connectivity index (χ1v) is 8.80. The Labute approximate surface area is 152 Å². The largest absolute Gasteiger partial charge is 0.491 e. The average Bonchev–Trinajstić information content (AvgIpc) is 3.03. The van der Waals surface area contributed by atoms with E-state index in [1.54, 1.807) is 7.11 Å². The van der Waals surface area contributed by atoms with Gasteiger partial charge in [-0.3, -0.25) is 0 Å². The second-order valence-electron chi connectivity index (χ2n) is 6.56. The van der Waals surface area contributed by atoms with Gasteiger partial charge in [0.05, 0.1) is 24.1 Å². The van der Waals surface area contributed by atoms with Crippen LogP contribution in [0.1, 0.15) is 22.7 Å². The van der Waals surface area contributed by atoms with Gasteiger partial charge < -0.3 is 24.3 Å². The van der Waals surface area contributed by atoms with Crippen LogP contribution in [0.3, 0.4) is 0 Å². The van der Waals surface area contributed by atoms with Crippen LogP contribution in [0.4, 0.5) is 5.69 Å². The fourth-order valence-electron chi connectivity index (χ4n) is 3.64. The maximum Gasteiger partial charge on any atom is 0.160 e. The van der Waals surface area contributed by atoms with Crippen LogP contribution < -0.4 is 10.1 Å². The monoisotopic (exact) mass is 353 g/mol. The van der Waals surface area contributed by atoms with E-state index in [-0.39, 0.29) is 5.92 Å². The first-order chi connectivity index (χ1) is 12.7. The number of rotatable bonds is 5. The van der Waals surface area contributed by atoms with Crippen LogP contribution in [0.5, 0.6) is 5.75 Å². The first-order valence-electron chi connectivity index (χ1n) is 8.80. The quantitative estimate of drug-likeness (QED) is 0.690. The number of aliphatic hydroxyl groups is 1. The van der Waals surface area contributed by atoms with E-state index in [0.717, 1.165) is 33.9 Å². The van der Waals surface area contributed by atoms with Crippen molar-refractivity contribution in [2.24, 2.45) is 0 Å². The molecule has 0 saturated carbocycles. The van der Waals surface area contributed by atoms with Gasteiger partial charge in [-0.1, -0.05) is 18.2 Å². The minimum atomic E-state index is -0.548. The summed E-state index contributed by atoms with van der Waals surface area (Å²) in [6.45, 7) is 3.44. The number of nitrogens with zero attached hydrogens (tertiary/aromatic N) is 2. The van der Waals surface area contributed by atoms with Crippen LogP contribution in [0, 0.1) is 6.92 Å². The molecule has 136 valence electrons. The zero-order chi connectivity index (χ0) is 18.1. The number of methoxy groups -OCH3 is 1. The third kappa shape index (κ3) is 2.91. The molecule has 2 N–H and O–H groups in total. The van der Waals surface area contributed by atoms with Crippen molar-refractivity contribution < 1.29 is 14.6 Å². The van der Waals surface area contributed by atoms with E-state index < -0.39 is 6.10 Å². The molecular formula is C20H23N3O3. The number of anilines is 1. The van der Waals surface area contributed by atoms with E-state index in [1.807, 2.05) is 48.0 Å². The number of aromatic nitrogens is 2. The van der Waals surface area contributed by atoms with Gasteiger partial charge in [-0.2, -0.15) is 0 Å². The molecule has 2 aromatic heterocycles. The zero-order valence-corrected chi connectivity index (χ0v) is 15.0. The number of aliphatic hydroxyl groups excluding tert-OH is 1. The average molecular weight is 353 g/mol. The van der Waals surface area contributed by atoms with Gasteiger partial charge in [-0.15, -0.1) is 0 Å². The number of hydrogen-bond acceptors (Lipinski definition) is 5. The molecule has 0 saturated heterocycles. The Hall–Kier alpha value is -2.57. The number of pyridine rings is 1. The molecule has 0 radical (unpaired) electrons. The van der Waals surface area contributed by atoms with Gasteiger partial charge in [0.2, 0.25) is 0 Å². The van der Waals surface area contributed by atoms with E-state index in [1.165, 1.54) is 0 Å². The minimum absolute atomic E-state index is 0.174. The fraction of sp³-hybridized carbons (Fsp3) is 0.350. The molecule has 1 aliphatic heterocycles. The molecule has 26 heavy (non-hydrogen) atoms. The molecule has 6 heteroatoms. The SMILES string of the molecule is COCCOc1ccccc1[C@H]1c2ccn3cc(C)nc3c2NC[C@@H]1O. The van der Waals surface area contributed by atoms with Gasteiger partial charge >= 0.3 is 0 Å². The molecule has 0 amide bonds. The zero-order valence-electron chi connectivity index (χ0n) is 15.0. The molecule has 0 bridgehead atoms. The summed E-state index contributed by atoms with van der Waals surface area (Å²) in [4.78, 5) is 4.63. The fourth-order valence-corrected chi connectivity index (χ4v) is 3.64. The van der Waals surface area contributed by atoms with Gasteiger partial charge in [-0.25, -0.2) is 4.98 Å². The van der Waals surface area contributed by atoms with Crippen molar-refractivity contribution in [3.63, 3.8) is 0 Å². The number of aryl methyl sites for hydroxylation is 1. The Morgan fingerprint density at radius 3 is 2.92 bits per heavy atom. The second-order valence-corrected chi connectivity index (χ2v) is 6.56. The Kier molecular flexibility index (Phi) is 4.53. The highest BCUT2D eigenvalue weighted by Gasteiger charge is 2.33. The lowest BCUT2D eigenvalue weighted by Crippen LogP contribution is -2.33. The summed E-state index contributed by atoms with van der Waals surface area (Å²) in [7, 11) is 1.65. The highest BCUT2D eigenvalue weighted by atomic mass is 16.5. The predicted molar refractivity (Wildman–Crippen MR) is 100 cm³/mol. The van der Waals surface area contributed by atoms with Crippen LogP contribution in [0.15, 0.2) is 42.7 Å². The summed E-state index contributed by atoms with van der Waals surface area (Å²) in [5.74, 6) is 0.604. The molecule has 1 aromatic carbocycles. The first kappa shape index (κ1) is 16.9. The molecular weight excluding hydrogens is 330 g/mol. The second kappa shape index (κ2) is 6.97. The third-order valence-corrected chi connectivity index (χ3v) is 4.79. The number of ether oxygens (including phenoxy) is 2. The lowest BCUT2D eigenvalue weighted by Gasteiger charge is -2.32. The van der Waals surface area contributed by atoms with Crippen LogP contribution in [0.25, 0.3) is 5.65 Å². The number of para-hydroxylation sites is 1. The van der Waals surface area contributed by atoms with Crippen LogP contribution in [0.2, 0.25) is 0 Å². The van der Waals surface area contributed by atoms with E-state index in [9.17, 15) is 5.11 Å². The molecule has 0 fully saturated rings. The van der Waals surface area contributed by atoms with E-state index >= 15 is 0 Å². The lowest BCUT2D eigenvalue weighted by molar-refractivity contribution is 0.141. The highest BCUT2D eigenvalue weighted by molar-refractivity contribution is 5.75. The van der Waals surface area contributed by atoms with E-state index in [2.05, 4.69) is 16.4 Å². The van der Waals surface area contributed by atoms with Crippen molar-refractivity contribution in [1.29, 1.82) is 0 Å². The molecule has 0 spiro atoms. The lowest BCUT2D eigenvalue weighted by atomic mass is 9.83. The molecule has 3 aromatic rings. The van der Waals surface area contributed by atoms with Crippen LogP contribution >= 0.6 is 0 Å². The maximum absolute atomic E-state index is 10.8. The van der Waals surface area contributed by atoms with E-state index in [4.69, 9.17) is 9.47 Å². The summed E-state index contributed by atoms with van der Waals surface area (Å²) >= 11 is 0. The van der Waals surface area contributed by atoms with Gasteiger partial charge in [0.25, 0.3) is 0 Å². The Morgan fingerprint density at radius 2 is 2.08 bits per heavy atom. The van der Waals surface area contributed by atoms with Crippen molar-refractivity contribution in [3.8, 4) is 5.75 Å². The maximum atomic E-state index is 10.8. The van der Waals surface area contributed by atoms with Crippen LogP contribution in [-0.4, -0.2) is 47.5 Å². The summed E-state index contributed by atoms with van der Waals surface area (Å²) in [6, 6.07) is 9.94. The van der Waals surface area contributed by atoms with Crippen molar-refractivity contribution in [1.82, 2.24) is 9.38 Å². The van der Waals surface area contributed by atoms with Crippen molar-refractivity contribution in [3.05, 3.63) is 59.5 Å². The Balaban J connectivity index is 1.79. The highest BCUT2D eigenvalue weighted by Crippen LogP contribution is 2.41.